The number of hydrogen-bond donors (Lipinski definition) is 4. The monoisotopic (exact) mass is 530 g/mol. The number of aryl methyl sites for hydroxylation is 1. The predicted molar refractivity (Wildman–Crippen MR) is 146 cm³/mol. The maximum atomic E-state index is 14.1. The lowest BCUT2D eigenvalue weighted by Crippen LogP contribution is -2.60. The Balaban J connectivity index is 1.39. The Kier molecular flexibility index (Phi) is 6.19. The Morgan fingerprint density at radius 1 is 1.11 bits per heavy atom. The molecule has 2 heterocycles. The number of benzene rings is 3. The van der Waals surface area contributed by atoms with E-state index >= 15 is 0 Å². The Hall–Kier alpha value is -3.37. The minimum absolute atomic E-state index is 0.0491. The van der Waals surface area contributed by atoms with Gasteiger partial charge in [0.05, 0.1) is 23.9 Å². The molecule has 196 valence electrons. The predicted octanol–water partition coefficient (Wildman–Crippen LogP) is 2.94. The van der Waals surface area contributed by atoms with Gasteiger partial charge in [-0.3, -0.25) is 9.59 Å². The summed E-state index contributed by atoms with van der Waals surface area (Å²) in [5, 5.41) is 2.49. The van der Waals surface area contributed by atoms with Crippen molar-refractivity contribution in [2.45, 2.75) is 47.0 Å². The van der Waals surface area contributed by atoms with Gasteiger partial charge in [-0.15, -0.1) is 11.8 Å². The van der Waals surface area contributed by atoms with Gasteiger partial charge in [0.15, 0.2) is 5.78 Å². The first kappa shape index (κ1) is 24.9. The van der Waals surface area contributed by atoms with Crippen molar-refractivity contribution in [1.29, 1.82) is 0 Å². The summed E-state index contributed by atoms with van der Waals surface area (Å²) < 4.78 is 11.4. The van der Waals surface area contributed by atoms with Crippen LogP contribution in [0.4, 0.5) is 5.69 Å². The molecule has 1 amide bonds. The van der Waals surface area contributed by atoms with Gasteiger partial charge in [-0.1, -0.05) is 30.3 Å². The number of thioether (sulfide) groups is 1. The zero-order valence-electron chi connectivity index (χ0n) is 21.0. The van der Waals surface area contributed by atoms with Crippen LogP contribution in [0.1, 0.15) is 34.6 Å². The number of nitrogens with two attached hydrogens (primary N) is 3. The standard InChI is InChI=1S/C29H30N4O4S/c1-15-13-18(37-17-5-3-2-4-6-17)7-8-19(15)29(32)20-9-10-21(30)25-22(20)23(24(31)27(29)34)26(38-25)28(35)33-16-11-12-36-14-16/h2-10,13,16,23-24,26H,11-12,14,30-32H2,1H3,(H,33,35). The second-order valence-corrected chi connectivity index (χ2v) is 11.3. The van der Waals surface area contributed by atoms with E-state index in [4.69, 9.17) is 26.7 Å². The van der Waals surface area contributed by atoms with Gasteiger partial charge in [-0.05, 0) is 65.9 Å². The molecular formula is C29H30N4O4S. The molecule has 6 rings (SSSR count). The van der Waals surface area contributed by atoms with Crippen LogP contribution in [0.5, 0.6) is 11.5 Å². The van der Waals surface area contributed by atoms with E-state index in [9.17, 15) is 9.59 Å². The smallest absolute Gasteiger partial charge is 0.234 e. The van der Waals surface area contributed by atoms with Gasteiger partial charge < -0.3 is 32.0 Å². The summed E-state index contributed by atoms with van der Waals surface area (Å²) in [5.41, 5.74) is 22.0. The van der Waals surface area contributed by atoms with E-state index in [0.717, 1.165) is 22.4 Å². The second kappa shape index (κ2) is 9.43. The van der Waals surface area contributed by atoms with Crippen LogP contribution in [0.15, 0.2) is 65.6 Å². The van der Waals surface area contributed by atoms with E-state index in [1.165, 1.54) is 11.8 Å². The fourth-order valence-corrected chi connectivity index (χ4v) is 7.35. The third-order valence-corrected chi connectivity index (χ3v) is 9.22. The molecule has 3 aromatic rings. The summed E-state index contributed by atoms with van der Waals surface area (Å²) in [7, 11) is 0. The van der Waals surface area contributed by atoms with Gasteiger partial charge in [0.25, 0.3) is 0 Å². The van der Waals surface area contributed by atoms with Gasteiger partial charge in [0.1, 0.15) is 17.0 Å². The lowest BCUT2D eigenvalue weighted by atomic mass is 9.64. The molecule has 38 heavy (non-hydrogen) atoms. The number of nitrogen functional groups attached to an aromatic ring is 1. The van der Waals surface area contributed by atoms with Gasteiger partial charge in [0, 0.05) is 23.1 Å². The second-order valence-electron chi connectivity index (χ2n) is 10.2. The molecule has 1 saturated heterocycles. The van der Waals surface area contributed by atoms with Crippen molar-refractivity contribution >= 4 is 29.1 Å². The fourth-order valence-electron chi connectivity index (χ4n) is 5.89. The van der Waals surface area contributed by atoms with E-state index < -0.39 is 22.7 Å². The minimum atomic E-state index is -1.49. The van der Waals surface area contributed by atoms with Crippen molar-refractivity contribution in [1.82, 2.24) is 5.32 Å². The first-order chi connectivity index (χ1) is 18.3. The highest BCUT2D eigenvalue weighted by Gasteiger charge is 2.57. The van der Waals surface area contributed by atoms with Crippen molar-refractivity contribution in [2.75, 3.05) is 18.9 Å². The molecule has 5 atom stereocenters. The zero-order chi connectivity index (χ0) is 26.6. The molecule has 7 N–H and O–H groups in total. The third kappa shape index (κ3) is 3.89. The molecule has 9 heteroatoms. The minimum Gasteiger partial charge on any atom is -0.457 e. The average Bonchev–Trinajstić information content (AvgIpc) is 3.56. The summed E-state index contributed by atoms with van der Waals surface area (Å²) in [4.78, 5) is 28.2. The van der Waals surface area contributed by atoms with Crippen LogP contribution >= 0.6 is 11.8 Å². The summed E-state index contributed by atoms with van der Waals surface area (Å²) in [5.74, 6) is 0.333. The number of carbonyl (C=O) groups excluding carboxylic acids is 2. The number of rotatable bonds is 5. The van der Waals surface area contributed by atoms with E-state index in [1.54, 1.807) is 12.1 Å². The maximum absolute atomic E-state index is 14.1. The van der Waals surface area contributed by atoms with E-state index in [2.05, 4.69) is 5.32 Å². The van der Waals surface area contributed by atoms with Crippen molar-refractivity contribution in [3.05, 3.63) is 82.9 Å². The van der Waals surface area contributed by atoms with Crippen molar-refractivity contribution in [3.63, 3.8) is 0 Å². The molecule has 0 spiro atoms. The third-order valence-electron chi connectivity index (χ3n) is 7.77. The maximum Gasteiger partial charge on any atom is 0.234 e. The van der Waals surface area contributed by atoms with E-state index in [0.29, 0.717) is 41.5 Å². The largest absolute Gasteiger partial charge is 0.457 e. The number of hydrogen-bond acceptors (Lipinski definition) is 8. The molecule has 0 radical (unpaired) electrons. The molecular weight excluding hydrogens is 500 g/mol. The van der Waals surface area contributed by atoms with Crippen molar-refractivity contribution in [2.24, 2.45) is 11.5 Å². The Morgan fingerprint density at radius 2 is 1.87 bits per heavy atom. The zero-order valence-corrected chi connectivity index (χ0v) is 21.8. The number of ketones is 1. The summed E-state index contributed by atoms with van der Waals surface area (Å²) in [6.07, 6.45) is 0.758. The lowest BCUT2D eigenvalue weighted by molar-refractivity contribution is -0.126. The molecule has 2 aliphatic heterocycles. The number of carbonyl (C=O) groups is 2. The van der Waals surface area contributed by atoms with Crippen LogP contribution < -0.4 is 27.3 Å². The number of para-hydroxylation sites is 1. The molecule has 3 aromatic carbocycles. The number of anilines is 1. The Bertz CT molecular complexity index is 1430. The fraction of sp³-hybridized carbons (Fsp3) is 0.310. The quantitative estimate of drug-likeness (QED) is 0.369. The number of nitrogens with one attached hydrogen (secondary N) is 1. The van der Waals surface area contributed by atoms with Gasteiger partial charge in [0.2, 0.25) is 5.91 Å². The summed E-state index contributed by atoms with van der Waals surface area (Å²) in [6, 6.07) is 17.5. The topological polar surface area (TPSA) is 143 Å². The molecule has 3 aliphatic rings. The SMILES string of the molecule is Cc1cc(Oc2ccccc2)ccc1C1(N)C(=O)C(N)C2c3c1ccc(N)c3SC2C(=O)NC1CCOC1. The summed E-state index contributed by atoms with van der Waals surface area (Å²) in [6.45, 7) is 3.00. The Morgan fingerprint density at radius 3 is 2.58 bits per heavy atom. The molecule has 5 unspecified atom stereocenters. The molecule has 1 aliphatic carbocycles. The molecule has 0 saturated carbocycles. The highest BCUT2D eigenvalue weighted by Crippen LogP contribution is 2.56. The normalized spacial score (nSPS) is 27.7. The lowest BCUT2D eigenvalue weighted by Gasteiger charge is -2.42. The number of amides is 1. The average molecular weight is 531 g/mol. The highest BCUT2D eigenvalue weighted by atomic mass is 32.2. The van der Waals surface area contributed by atoms with E-state index in [1.807, 2.05) is 55.5 Å². The van der Waals surface area contributed by atoms with Gasteiger partial charge in [-0.25, -0.2) is 0 Å². The van der Waals surface area contributed by atoms with Crippen molar-refractivity contribution in [3.8, 4) is 11.5 Å². The first-order valence-electron chi connectivity index (χ1n) is 12.7. The van der Waals surface area contributed by atoms with Crippen LogP contribution in [-0.4, -0.2) is 42.2 Å². The molecule has 0 bridgehead atoms. The van der Waals surface area contributed by atoms with Crippen molar-refractivity contribution < 1.29 is 19.1 Å². The van der Waals surface area contributed by atoms with Crippen LogP contribution in [0.25, 0.3) is 0 Å². The van der Waals surface area contributed by atoms with Crippen LogP contribution in [-0.2, 0) is 19.9 Å². The van der Waals surface area contributed by atoms with E-state index in [-0.39, 0.29) is 17.7 Å². The molecule has 1 fully saturated rings. The first-order valence-corrected chi connectivity index (χ1v) is 13.6. The number of ether oxygens (including phenoxy) is 2. The van der Waals surface area contributed by atoms with Crippen LogP contribution in [0.2, 0.25) is 0 Å². The van der Waals surface area contributed by atoms with Gasteiger partial charge in [-0.2, -0.15) is 0 Å². The number of Topliss-reactive ketones (excluding diaryl/α,β-unsaturated/α-hetero) is 1. The van der Waals surface area contributed by atoms with Crippen LogP contribution in [0, 0.1) is 6.92 Å². The Labute approximate surface area is 225 Å². The van der Waals surface area contributed by atoms with Crippen LogP contribution in [0.3, 0.4) is 0 Å². The molecule has 8 nitrogen and oxygen atoms in total. The highest BCUT2D eigenvalue weighted by molar-refractivity contribution is 8.01. The molecule has 0 aromatic heterocycles. The summed E-state index contributed by atoms with van der Waals surface area (Å²) >= 11 is 1.37. The van der Waals surface area contributed by atoms with Gasteiger partial charge >= 0.3 is 0 Å².